The molecule has 16 heavy (non-hydrogen) atoms. The van der Waals surface area contributed by atoms with Crippen molar-refractivity contribution >= 4 is 23.4 Å². The average Bonchev–Trinajstić information content (AvgIpc) is 2.29. The monoisotopic (exact) mass is 241 g/mol. The van der Waals surface area contributed by atoms with Crippen molar-refractivity contribution < 1.29 is 14.5 Å². The Hall–Kier alpha value is -1.56. The first-order chi connectivity index (χ1) is 7.63. The van der Waals surface area contributed by atoms with E-state index in [9.17, 15) is 14.9 Å². The van der Waals surface area contributed by atoms with Gasteiger partial charge >= 0.3 is 5.97 Å². The predicted molar refractivity (Wildman–Crippen MR) is 60.5 cm³/mol. The molecule has 0 unspecified atom stereocenters. The lowest BCUT2D eigenvalue weighted by Gasteiger charge is -2.00. The third-order valence-corrected chi connectivity index (χ3v) is 2.86. The van der Waals surface area contributed by atoms with Gasteiger partial charge in [0.1, 0.15) is 0 Å². The molecular formula is C10H11NO4S. The number of carbonyl (C=O) groups is 1. The minimum absolute atomic E-state index is 0.0670. The zero-order valence-corrected chi connectivity index (χ0v) is 9.53. The average molecular weight is 241 g/mol. The largest absolute Gasteiger partial charge is 0.469 e. The highest BCUT2D eigenvalue weighted by atomic mass is 32.2. The number of esters is 1. The van der Waals surface area contributed by atoms with Crippen molar-refractivity contribution in [3.8, 4) is 0 Å². The second-order valence-electron chi connectivity index (χ2n) is 2.93. The predicted octanol–water partition coefficient (Wildman–Crippen LogP) is 2.25. The molecule has 0 saturated carbocycles. The van der Waals surface area contributed by atoms with E-state index in [1.807, 2.05) is 0 Å². The van der Waals surface area contributed by atoms with Gasteiger partial charge in [0.05, 0.1) is 18.5 Å². The first kappa shape index (κ1) is 12.5. The van der Waals surface area contributed by atoms with E-state index in [1.54, 1.807) is 12.1 Å². The van der Waals surface area contributed by atoms with Gasteiger partial charge in [0.25, 0.3) is 5.69 Å². The molecule has 0 bridgehead atoms. The molecule has 0 amide bonds. The van der Waals surface area contributed by atoms with E-state index in [1.165, 1.54) is 31.0 Å². The maximum Gasteiger partial charge on any atom is 0.306 e. The van der Waals surface area contributed by atoms with E-state index in [-0.39, 0.29) is 11.7 Å². The van der Waals surface area contributed by atoms with Gasteiger partial charge in [-0.1, -0.05) is 0 Å². The summed E-state index contributed by atoms with van der Waals surface area (Å²) in [5, 5.41) is 10.4. The highest BCUT2D eigenvalue weighted by molar-refractivity contribution is 7.99. The molecule has 0 spiro atoms. The highest BCUT2D eigenvalue weighted by Gasteiger charge is 2.05. The molecule has 1 aromatic rings. The number of rotatable bonds is 5. The van der Waals surface area contributed by atoms with Crippen LogP contribution in [-0.2, 0) is 9.53 Å². The molecule has 0 heterocycles. The minimum atomic E-state index is -0.442. The van der Waals surface area contributed by atoms with E-state index in [0.717, 1.165) is 4.90 Å². The number of ether oxygens (including phenoxy) is 1. The number of nitro groups is 1. The van der Waals surface area contributed by atoms with Crippen LogP contribution in [0, 0.1) is 10.1 Å². The molecule has 86 valence electrons. The normalized spacial score (nSPS) is 9.81. The number of hydrogen-bond donors (Lipinski definition) is 0. The summed E-state index contributed by atoms with van der Waals surface area (Å²) >= 11 is 1.46. The highest BCUT2D eigenvalue weighted by Crippen LogP contribution is 2.21. The standard InChI is InChI=1S/C10H11NO4S/c1-15-10(12)6-7-16-9-4-2-8(3-5-9)11(13)14/h2-5H,6-7H2,1H3. The molecule has 1 rings (SSSR count). The molecule has 5 nitrogen and oxygen atoms in total. The van der Waals surface area contributed by atoms with Crippen molar-refractivity contribution in [2.24, 2.45) is 0 Å². The second-order valence-corrected chi connectivity index (χ2v) is 4.09. The fraction of sp³-hybridized carbons (Fsp3) is 0.300. The number of nitro benzene ring substituents is 1. The number of carbonyl (C=O) groups excluding carboxylic acids is 1. The van der Waals surface area contributed by atoms with Crippen molar-refractivity contribution in [2.45, 2.75) is 11.3 Å². The molecule has 0 saturated heterocycles. The van der Waals surface area contributed by atoms with Gasteiger partial charge in [0.2, 0.25) is 0 Å². The molecule has 0 radical (unpaired) electrons. The van der Waals surface area contributed by atoms with E-state index in [4.69, 9.17) is 0 Å². The van der Waals surface area contributed by atoms with Crippen molar-refractivity contribution in [1.82, 2.24) is 0 Å². The summed E-state index contributed by atoms with van der Waals surface area (Å²) < 4.78 is 4.50. The molecule has 0 N–H and O–H groups in total. The maximum atomic E-state index is 10.8. The van der Waals surface area contributed by atoms with Crippen molar-refractivity contribution in [3.63, 3.8) is 0 Å². The first-order valence-corrected chi connectivity index (χ1v) is 5.56. The third-order valence-electron chi connectivity index (χ3n) is 1.85. The summed E-state index contributed by atoms with van der Waals surface area (Å²) in [5.74, 6) is 0.346. The molecule has 0 aliphatic rings. The van der Waals surface area contributed by atoms with Crippen LogP contribution in [0.2, 0.25) is 0 Å². The molecule has 0 atom stereocenters. The molecule has 0 aliphatic heterocycles. The Kier molecular flexibility index (Phi) is 4.78. The van der Waals surface area contributed by atoms with Gasteiger partial charge in [-0.2, -0.15) is 0 Å². The Morgan fingerprint density at radius 2 is 2.06 bits per heavy atom. The molecule has 1 aromatic carbocycles. The van der Waals surface area contributed by atoms with Gasteiger partial charge in [-0.25, -0.2) is 0 Å². The summed E-state index contributed by atoms with van der Waals surface area (Å²) in [6.07, 6.45) is 0.332. The molecule has 0 aliphatic carbocycles. The number of thioether (sulfide) groups is 1. The Bertz CT molecular complexity index is 377. The molecule has 6 heteroatoms. The zero-order chi connectivity index (χ0) is 12.0. The molecule has 0 aromatic heterocycles. The zero-order valence-electron chi connectivity index (χ0n) is 8.71. The summed E-state index contributed by atoms with van der Waals surface area (Å²) in [4.78, 5) is 21.7. The van der Waals surface area contributed by atoms with Gasteiger partial charge in [-0.3, -0.25) is 14.9 Å². The lowest BCUT2D eigenvalue weighted by atomic mass is 10.3. The minimum Gasteiger partial charge on any atom is -0.469 e. The fourth-order valence-electron chi connectivity index (χ4n) is 1.02. The topological polar surface area (TPSA) is 69.4 Å². The van der Waals surface area contributed by atoms with Crippen molar-refractivity contribution in [2.75, 3.05) is 12.9 Å². The quantitative estimate of drug-likeness (QED) is 0.342. The molecule has 0 fully saturated rings. The van der Waals surface area contributed by atoms with E-state index < -0.39 is 4.92 Å². The number of methoxy groups -OCH3 is 1. The number of hydrogen-bond acceptors (Lipinski definition) is 5. The fourth-order valence-corrected chi connectivity index (χ4v) is 1.85. The van der Waals surface area contributed by atoms with Crippen LogP contribution in [0.4, 0.5) is 5.69 Å². The number of nitrogens with zero attached hydrogens (tertiary/aromatic N) is 1. The van der Waals surface area contributed by atoms with Crippen LogP contribution in [0.5, 0.6) is 0 Å². The third kappa shape index (κ3) is 3.90. The van der Waals surface area contributed by atoms with Crippen molar-refractivity contribution in [1.29, 1.82) is 0 Å². The van der Waals surface area contributed by atoms with Gasteiger partial charge in [0.15, 0.2) is 0 Å². The van der Waals surface area contributed by atoms with Gasteiger partial charge in [-0.15, -0.1) is 11.8 Å². The van der Waals surface area contributed by atoms with E-state index in [2.05, 4.69) is 4.74 Å². The van der Waals surface area contributed by atoms with Gasteiger partial charge in [0, 0.05) is 22.8 Å². The Morgan fingerprint density at radius 1 is 1.44 bits per heavy atom. The number of non-ortho nitro benzene ring substituents is 1. The van der Waals surface area contributed by atoms with Gasteiger partial charge in [-0.05, 0) is 12.1 Å². The van der Waals surface area contributed by atoms with Crippen LogP contribution in [0.1, 0.15) is 6.42 Å². The van der Waals surface area contributed by atoms with Crippen LogP contribution < -0.4 is 0 Å². The summed E-state index contributed by atoms with van der Waals surface area (Å²) in [6.45, 7) is 0. The van der Waals surface area contributed by atoms with Crippen LogP contribution in [0.3, 0.4) is 0 Å². The van der Waals surface area contributed by atoms with E-state index in [0.29, 0.717) is 12.2 Å². The smallest absolute Gasteiger partial charge is 0.306 e. The van der Waals surface area contributed by atoms with E-state index >= 15 is 0 Å². The summed E-state index contributed by atoms with van der Waals surface area (Å²) in [6, 6.07) is 6.22. The second kappa shape index (κ2) is 6.12. The first-order valence-electron chi connectivity index (χ1n) is 4.57. The Balaban J connectivity index is 2.43. The lowest BCUT2D eigenvalue weighted by Crippen LogP contribution is -2.00. The van der Waals surface area contributed by atoms with Crippen LogP contribution in [0.15, 0.2) is 29.2 Å². The summed E-state index contributed by atoms with van der Waals surface area (Å²) in [7, 11) is 1.35. The van der Waals surface area contributed by atoms with Crippen LogP contribution in [0.25, 0.3) is 0 Å². The summed E-state index contributed by atoms with van der Waals surface area (Å²) in [5.41, 5.74) is 0.0670. The SMILES string of the molecule is COC(=O)CCSc1ccc([N+](=O)[O-])cc1. The maximum absolute atomic E-state index is 10.8. The number of benzene rings is 1. The van der Waals surface area contributed by atoms with Gasteiger partial charge < -0.3 is 4.74 Å². The Morgan fingerprint density at radius 3 is 2.56 bits per heavy atom. The van der Waals surface area contributed by atoms with Crippen LogP contribution in [-0.4, -0.2) is 23.8 Å². The van der Waals surface area contributed by atoms with Crippen LogP contribution >= 0.6 is 11.8 Å². The Labute approximate surface area is 96.9 Å². The molecular weight excluding hydrogens is 230 g/mol. The lowest BCUT2D eigenvalue weighted by molar-refractivity contribution is -0.384. The van der Waals surface area contributed by atoms with Crippen molar-refractivity contribution in [3.05, 3.63) is 34.4 Å².